The van der Waals surface area contributed by atoms with E-state index in [4.69, 9.17) is 26.8 Å². The highest BCUT2D eigenvalue weighted by Gasteiger charge is 2.34. The monoisotopic (exact) mass is 465 g/mol. The number of hydrogen-bond donors (Lipinski definition) is 1. The fourth-order valence-corrected chi connectivity index (χ4v) is 3.82. The number of rotatable bonds is 4. The number of fused-ring (bicyclic) bond motifs is 1. The topological polar surface area (TPSA) is 128 Å². The van der Waals surface area contributed by atoms with Crippen molar-refractivity contribution in [2.24, 2.45) is 5.73 Å². The van der Waals surface area contributed by atoms with Crippen LogP contribution in [0, 0.1) is 27.3 Å². The molecule has 164 valence electrons. The number of benzene rings is 3. The fourth-order valence-electron chi connectivity index (χ4n) is 3.55. The van der Waals surface area contributed by atoms with Gasteiger partial charge in [0.15, 0.2) is 0 Å². The third kappa shape index (κ3) is 3.95. The van der Waals surface area contributed by atoms with Gasteiger partial charge in [-0.1, -0.05) is 35.9 Å². The van der Waals surface area contributed by atoms with Crippen molar-refractivity contribution in [1.29, 1.82) is 5.26 Å². The van der Waals surface area contributed by atoms with Crippen LogP contribution in [-0.2, 0) is 0 Å². The lowest BCUT2D eigenvalue weighted by atomic mass is 9.83. The summed E-state index contributed by atoms with van der Waals surface area (Å²) >= 11 is 6.23. The van der Waals surface area contributed by atoms with Gasteiger partial charge < -0.3 is 15.2 Å². The molecule has 33 heavy (non-hydrogen) atoms. The zero-order valence-electron chi connectivity index (χ0n) is 16.6. The highest BCUT2D eigenvalue weighted by atomic mass is 35.5. The lowest BCUT2D eigenvalue weighted by molar-refractivity contribution is -0.385. The Balaban J connectivity index is 1.74. The van der Waals surface area contributed by atoms with Crippen molar-refractivity contribution in [3.8, 4) is 17.6 Å². The minimum Gasteiger partial charge on any atom is -0.440 e. The van der Waals surface area contributed by atoms with Gasteiger partial charge >= 0.3 is 5.97 Å². The fraction of sp³-hybridized carbons (Fsp3) is 0.0435. The summed E-state index contributed by atoms with van der Waals surface area (Å²) < 4.78 is 25.5. The summed E-state index contributed by atoms with van der Waals surface area (Å²) in [6.07, 6.45) is 0. The van der Waals surface area contributed by atoms with Crippen molar-refractivity contribution in [1.82, 2.24) is 0 Å². The maximum atomic E-state index is 14.7. The third-order valence-electron chi connectivity index (χ3n) is 5.01. The van der Waals surface area contributed by atoms with Gasteiger partial charge in [0.25, 0.3) is 5.69 Å². The van der Waals surface area contributed by atoms with E-state index >= 15 is 0 Å². The van der Waals surface area contributed by atoms with E-state index in [1.165, 1.54) is 60.7 Å². The zero-order valence-corrected chi connectivity index (χ0v) is 17.4. The molecule has 0 saturated carbocycles. The molecule has 1 heterocycles. The van der Waals surface area contributed by atoms with Gasteiger partial charge in [-0.3, -0.25) is 10.1 Å². The average Bonchev–Trinajstić information content (AvgIpc) is 2.78. The third-order valence-corrected chi connectivity index (χ3v) is 5.34. The summed E-state index contributed by atoms with van der Waals surface area (Å²) in [4.78, 5) is 23.0. The summed E-state index contributed by atoms with van der Waals surface area (Å²) in [5.41, 5.74) is 5.67. The minimum atomic E-state index is -0.951. The predicted molar refractivity (Wildman–Crippen MR) is 115 cm³/mol. The second-order valence-corrected chi connectivity index (χ2v) is 7.33. The molecule has 0 aromatic heterocycles. The number of esters is 1. The molecule has 0 spiro atoms. The van der Waals surface area contributed by atoms with Crippen molar-refractivity contribution in [3.05, 3.63) is 110 Å². The molecule has 10 heteroatoms. The van der Waals surface area contributed by atoms with Crippen LogP contribution in [-0.4, -0.2) is 10.9 Å². The number of nitro benzene ring substituents is 1. The van der Waals surface area contributed by atoms with Crippen molar-refractivity contribution in [2.45, 2.75) is 5.92 Å². The summed E-state index contributed by atoms with van der Waals surface area (Å²) in [5, 5.41) is 20.9. The second-order valence-electron chi connectivity index (χ2n) is 6.92. The van der Waals surface area contributed by atoms with Gasteiger partial charge in [0.1, 0.15) is 34.5 Å². The Morgan fingerprint density at radius 2 is 1.97 bits per heavy atom. The molecule has 1 atom stereocenters. The molecule has 1 aliphatic rings. The van der Waals surface area contributed by atoms with Gasteiger partial charge in [0, 0.05) is 28.3 Å². The van der Waals surface area contributed by atoms with Gasteiger partial charge in [-0.05, 0) is 24.3 Å². The Labute approximate surface area is 191 Å². The summed E-state index contributed by atoms with van der Waals surface area (Å²) in [6, 6.07) is 15.6. The highest BCUT2D eigenvalue weighted by molar-refractivity contribution is 6.31. The summed E-state index contributed by atoms with van der Waals surface area (Å²) in [6.45, 7) is 0. The van der Waals surface area contributed by atoms with Crippen molar-refractivity contribution >= 4 is 23.3 Å². The van der Waals surface area contributed by atoms with E-state index in [2.05, 4.69) is 0 Å². The van der Waals surface area contributed by atoms with E-state index < -0.39 is 28.3 Å². The van der Waals surface area contributed by atoms with Crippen LogP contribution in [0.4, 0.5) is 10.1 Å². The van der Waals surface area contributed by atoms with Crippen LogP contribution in [0.5, 0.6) is 11.5 Å². The molecule has 0 amide bonds. The molecule has 1 unspecified atom stereocenters. The Kier molecular flexibility index (Phi) is 5.69. The molecule has 8 nitrogen and oxygen atoms in total. The Morgan fingerprint density at radius 3 is 2.67 bits per heavy atom. The number of hydrogen-bond acceptors (Lipinski definition) is 7. The number of carbonyl (C=O) groups excluding carboxylic acids is 1. The molecule has 2 N–H and O–H groups in total. The number of halogens is 2. The summed E-state index contributed by atoms with van der Waals surface area (Å²) in [7, 11) is 0. The Bertz CT molecular complexity index is 1360. The molecule has 0 bridgehead atoms. The standard InChI is InChI=1S/C23H13ClFN3O5/c24-16-5-3-6-17(25)21(16)20-14-9-8-12(10-19(14)33-22(27)15(20)11-26)32-23(29)13-4-1-2-7-18(13)28(30)31/h1-10,20H,27H2. The first-order valence-electron chi connectivity index (χ1n) is 9.43. The van der Waals surface area contributed by atoms with Crippen molar-refractivity contribution in [3.63, 3.8) is 0 Å². The number of nitro groups is 1. The van der Waals surface area contributed by atoms with Crippen LogP contribution < -0.4 is 15.2 Å². The normalized spacial score (nSPS) is 14.6. The molecule has 0 aliphatic carbocycles. The highest BCUT2D eigenvalue weighted by Crippen LogP contribution is 2.46. The van der Waals surface area contributed by atoms with Gasteiger partial charge in [0.2, 0.25) is 5.88 Å². The van der Waals surface area contributed by atoms with Crippen LogP contribution in [0.15, 0.2) is 72.1 Å². The number of nitrogens with two attached hydrogens (primary N) is 1. The van der Waals surface area contributed by atoms with E-state index in [1.807, 2.05) is 6.07 Å². The zero-order chi connectivity index (χ0) is 23.7. The number of nitrogens with zero attached hydrogens (tertiary/aromatic N) is 2. The lowest BCUT2D eigenvalue weighted by Gasteiger charge is -2.27. The Morgan fingerprint density at radius 1 is 1.21 bits per heavy atom. The smallest absolute Gasteiger partial charge is 0.350 e. The molecular formula is C23H13ClFN3O5. The first-order valence-corrected chi connectivity index (χ1v) is 9.80. The first-order chi connectivity index (χ1) is 15.8. The van der Waals surface area contributed by atoms with Crippen LogP contribution in [0.2, 0.25) is 5.02 Å². The van der Waals surface area contributed by atoms with Crippen LogP contribution in [0.3, 0.4) is 0 Å². The molecular weight excluding hydrogens is 453 g/mol. The number of carbonyl (C=O) groups is 1. The SMILES string of the molecule is N#CC1=C(N)Oc2cc(OC(=O)c3ccccc3[N+](=O)[O-])ccc2C1c1c(F)cccc1Cl. The van der Waals surface area contributed by atoms with Crippen molar-refractivity contribution in [2.75, 3.05) is 0 Å². The maximum absolute atomic E-state index is 14.7. The molecule has 4 rings (SSSR count). The van der Waals surface area contributed by atoms with Gasteiger partial charge in [-0.15, -0.1) is 0 Å². The molecule has 0 saturated heterocycles. The van der Waals surface area contributed by atoms with Crippen LogP contribution in [0.25, 0.3) is 0 Å². The minimum absolute atomic E-state index is 0.00323. The molecule has 3 aromatic carbocycles. The molecule has 0 fully saturated rings. The number of para-hydroxylation sites is 1. The van der Waals surface area contributed by atoms with E-state index in [1.54, 1.807) is 0 Å². The average molecular weight is 466 g/mol. The van der Waals surface area contributed by atoms with Gasteiger partial charge in [-0.25, -0.2) is 9.18 Å². The summed E-state index contributed by atoms with van der Waals surface area (Å²) in [5.74, 6) is -2.67. The van der Waals surface area contributed by atoms with E-state index in [0.717, 1.165) is 0 Å². The first kappa shape index (κ1) is 21.8. The number of nitriles is 1. The maximum Gasteiger partial charge on any atom is 0.350 e. The van der Waals surface area contributed by atoms with Gasteiger partial charge in [-0.2, -0.15) is 5.26 Å². The number of ether oxygens (including phenoxy) is 2. The van der Waals surface area contributed by atoms with Crippen LogP contribution in [0.1, 0.15) is 27.4 Å². The molecule has 0 radical (unpaired) electrons. The number of allylic oxidation sites excluding steroid dienone is 1. The largest absolute Gasteiger partial charge is 0.440 e. The van der Waals surface area contributed by atoms with Gasteiger partial charge in [0.05, 0.1) is 10.8 Å². The van der Waals surface area contributed by atoms with E-state index in [9.17, 15) is 24.6 Å². The quantitative estimate of drug-likeness (QED) is 0.253. The van der Waals surface area contributed by atoms with E-state index in [0.29, 0.717) is 5.56 Å². The molecule has 1 aliphatic heterocycles. The second kappa shape index (κ2) is 8.61. The Hall–Kier alpha value is -4.42. The molecule has 3 aromatic rings. The van der Waals surface area contributed by atoms with E-state index in [-0.39, 0.29) is 39.1 Å². The lowest BCUT2D eigenvalue weighted by Crippen LogP contribution is -2.22. The van der Waals surface area contributed by atoms with Crippen molar-refractivity contribution < 1.29 is 23.6 Å². The predicted octanol–water partition coefficient (Wildman–Crippen LogP) is 4.82. The van der Waals surface area contributed by atoms with Crippen LogP contribution >= 0.6 is 11.6 Å².